The van der Waals surface area contributed by atoms with Crippen LogP contribution in [0.4, 0.5) is 0 Å². The molecule has 0 saturated carbocycles. The Morgan fingerprint density at radius 2 is 2.06 bits per heavy atom. The highest BCUT2D eigenvalue weighted by Gasteiger charge is 2.13. The summed E-state index contributed by atoms with van der Waals surface area (Å²) >= 11 is 2.88. The van der Waals surface area contributed by atoms with Crippen molar-refractivity contribution in [1.82, 2.24) is 19.6 Å². The van der Waals surface area contributed by atoms with E-state index in [1.165, 1.54) is 23.3 Å². The molecular weight excluding hydrogens is 266 g/mol. The molecule has 2 aromatic heterocycles. The van der Waals surface area contributed by atoms with E-state index >= 15 is 0 Å². The minimum Gasteiger partial charge on any atom is -0.326 e. The van der Waals surface area contributed by atoms with Gasteiger partial charge in [-0.1, -0.05) is 6.92 Å². The number of aryl methyl sites for hydroxylation is 2. The SMILES string of the molecule is CCc1nsc(Sc2nnc(C)c(C)c2CN)n1. The van der Waals surface area contributed by atoms with E-state index < -0.39 is 0 Å². The van der Waals surface area contributed by atoms with Gasteiger partial charge in [-0.05, 0) is 42.7 Å². The monoisotopic (exact) mass is 281 g/mol. The zero-order valence-corrected chi connectivity index (χ0v) is 12.2. The number of nitrogens with two attached hydrogens (primary N) is 1. The molecule has 0 atom stereocenters. The van der Waals surface area contributed by atoms with Crippen LogP contribution >= 0.6 is 23.3 Å². The Bertz CT molecular complexity index is 552. The van der Waals surface area contributed by atoms with Gasteiger partial charge in [0.15, 0.2) is 4.34 Å². The van der Waals surface area contributed by atoms with Gasteiger partial charge in [-0.2, -0.15) is 9.47 Å². The number of rotatable bonds is 4. The van der Waals surface area contributed by atoms with Crippen LogP contribution in [0.25, 0.3) is 0 Å². The average Bonchev–Trinajstić information content (AvgIpc) is 2.82. The molecule has 0 aliphatic rings. The molecule has 5 nitrogen and oxygen atoms in total. The van der Waals surface area contributed by atoms with Crippen molar-refractivity contribution in [3.63, 3.8) is 0 Å². The first-order valence-corrected chi connectivity index (χ1v) is 7.28. The van der Waals surface area contributed by atoms with Crippen molar-refractivity contribution >= 4 is 23.3 Å². The van der Waals surface area contributed by atoms with Gasteiger partial charge in [0.1, 0.15) is 10.9 Å². The lowest BCUT2D eigenvalue weighted by atomic mass is 10.1. The second-order valence-corrected chi connectivity index (χ2v) is 5.82. The second-order valence-electron chi connectivity index (χ2n) is 3.83. The summed E-state index contributed by atoms with van der Waals surface area (Å²) in [6.45, 7) is 6.46. The maximum absolute atomic E-state index is 5.79. The topological polar surface area (TPSA) is 77.6 Å². The zero-order chi connectivity index (χ0) is 13.1. The molecule has 18 heavy (non-hydrogen) atoms. The first-order chi connectivity index (χ1) is 8.65. The van der Waals surface area contributed by atoms with Crippen LogP contribution in [0.3, 0.4) is 0 Å². The lowest BCUT2D eigenvalue weighted by Crippen LogP contribution is -2.06. The Kier molecular flexibility index (Phi) is 4.26. The first kappa shape index (κ1) is 13.4. The molecule has 0 radical (unpaired) electrons. The van der Waals surface area contributed by atoms with E-state index in [0.29, 0.717) is 6.54 Å². The molecular formula is C11H15N5S2. The number of aromatic nitrogens is 4. The minimum atomic E-state index is 0.462. The van der Waals surface area contributed by atoms with Crippen molar-refractivity contribution in [3.8, 4) is 0 Å². The van der Waals surface area contributed by atoms with E-state index in [9.17, 15) is 0 Å². The fourth-order valence-electron chi connectivity index (χ4n) is 1.46. The summed E-state index contributed by atoms with van der Waals surface area (Å²) in [5.41, 5.74) is 8.86. The van der Waals surface area contributed by atoms with Gasteiger partial charge in [0.25, 0.3) is 0 Å². The molecule has 0 saturated heterocycles. The number of nitrogens with zero attached hydrogens (tertiary/aromatic N) is 4. The molecule has 2 rings (SSSR count). The second kappa shape index (κ2) is 5.73. The quantitative estimate of drug-likeness (QED) is 0.925. The molecule has 7 heteroatoms. The van der Waals surface area contributed by atoms with E-state index in [1.54, 1.807) is 0 Å². The lowest BCUT2D eigenvalue weighted by molar-refractivity contribution is 0.824. The molecule has 0 spiro atoms. The predicted octanol–water partition coefficient (Wildman–Crippen LogP) is 2.12. The van der Waals surface area contributed by atoms with E-state index in [2.05, 4.69) is 19.6 Å². The molecule has 0 unspecified atom stereocenters. The van der Waals surface area contributed by atoms with Crippen LogP contribution < -0.4 is 5.73 Å². The average molecular weight is 281 g/mol. The van der Waals surface area contributed by atoms with Crippen molar-refractivity contribution < 1.29 is 0 Å². The minimum absolute atomic E-state index is 0.462. The largest absolute Gasteiger partial charge is 0.326 e. The lowest BCUT2D eigenvalue weighted by Gasteiger charge is -2.08. The summed E-state index contributed by atoms with van der Waals surface area (Å²) in [4.78, 5) is 4.41. The van der Waals surface area contributed by atoms with Crippen molar-refractivity contribution in [1.29, 1.82) is 0 Å². The van der Waals surface area contributed by atoms with Gasteiger partial charge in [0, 0.05) is 18.5 Å². The standard InChI is InChI=1S/C11H15N5S2/c1-4-9-13-11(18-16-9)17-10-8(5-12)6(2)7(3)14-15-10/h4-5,12H2,1-3H3. The molecule has 0 aliphatic carbocycles. The van der Waals surface area contributed by atoms with Gasteiger partial charge in [0.2, 0.25) is 0 Å². The van der Waals surface area contributed by atoms with E-state index in [0.717, 1.165) is 38.4 Å². The highest BCUT2D eigenvalue weighted by Crippen LogP contribution is 2.31. The maximum Gasteiger partial charge on any atom is 0.176 e. The van der Waals surface area contributed by atoms with Gasteiger partial charge in [-0.15, -0.1) is 5.10 Å². The Labute approximate surface area is 114 Å². The van der Waals surface area contributed by atoms with Gasteiger partial charge in [-0.25, -0.2) is 4.98 Å². The smallest absolute Gasteiger partial charge is 0.176 e. The van der Waals surface area contributed by atoms with Crippen molar-refractivity contribution in [2.24, 2.45) is 5.73 Å². The summed E-state index contributed by atoms with van der Waals surface area (Å²) in [5.74, 6) is 0.869. The van der Waals surface area contributed by atoms with Crippen LogP contribution in [-0.2, 0) is 13.0 Å². The Morgan fingerprint density at radius 3 is 2.67 bits per heavy atom. The van der Waals surface area contributed by atoms with Crippen LogP contribution in [0.15, 0.2) is 9.37 Å². The Hall–Kier alpha value is -1.05. The fourth-order valence-corrected chi connectivity index (χ4v) is 3.22. The zero-order valence-electron chi connectivity index (χ0n) is 10.6. The molecule has 2 N–H and O–H groups in total. The number of hydrogen-bond acceptors (Lipinski definition) is 7. The summed E-state index contributed by atoms with van der Waals surface area (Å²) in [5, 5.41) is 9.19. The van der Waals surface area contributed by atoms with E-state index in [4.69, 9.17) is 5.73 Å². The predicted molar refractivity (Wildman–Crippen MR) is 72.8 cm³/mol. The summed E-state index contributed by atoms with van der Waals surface area (Å²) in [6, 6.07) is 0. The molecule has 0 fully saturated rings. The summed E-state index contributed by atoms with van der Waals surface area (Å²) in [7, 11) is 0. The molecule has 0 aromatic carbocycles. The maximum atomic E-state index is 5.79. The fraction of sp³-hybridized carbons (Fsp3) is 0.455. The van der Waals surface area contributed by atoms with Gasteiger partial charge in [-0.3, -0.25) is 0 Å². The molecule has 2 aromatic rings. The third-order valence-corrected chi connectivity index (χ3v) is 4.51. The third-order valence-electron chi connectivity index (χ3n) is 2.70. The third kappa shape index (κ3) is 2.68. The van der Waals surface area contributed by atoms with Crippen molar-refractivity contribution in [2.75, 3.05) is 0 Å². The van der Waals surface area contributed by atoms with Gasteiger partial charge in [0.05, 0.1) is 5.69 Å². The van der Waals surface area contributed by atoms with Crippen LogP contribution in [0, 0.1) is 13.8 Å². The summed E-state index contributed by atoms with van der Waals surface area (Å²) in [6.07, 6.45) is 0.847. The summed E-state index contributed by atoms with van der Waals surface area (Å²) < 4.78 is 5.14. The van der Waals surface area contributed by atoms with Crippen LogP contribution in [0.1, 0.15) is 29.6 Å². The van der Waals surface area contributed by atoms with Crippen LogP contribution in [-0.4, -0.2) is 19.6 Å². The molecule has 0 bridgehead atoms. The first-order valence-electron chi connectivity index (χ1n) is 5.69. The normalized spacial score (nSPS) is 10.9. The Morgan fingerprint density at radius 1 is 1.28 bits per heavy atom. The molecule has 96 valence electrons. The highest BCUT2D eigenvalue weighted by molar-refractivity contribution is 8.00. The van der Waals surface area contributed by atoms with Crippen molar-refractivity contribution in [3.05, 3.63) is 22.6 Å². The van der Waals surface area contributed by atoms with Crippen LogP contribution in [0.5, 0.6) is 0 Å². The highest BCUT2D eigenvalue weighted by atomic mass is 32.2. The van der Waals surface area contributed by atoms with Crippen molar-refractivity contribution in [2.45, 2.75) is 43.1 Å². The van der Waals surface area contributed by atoms with E-state index in [-0.39, 0.29) is 0 Å². The molecule has 2 heterocycles. The van der Waals surface area contributed by atoms with Gasteiger partial charge >= 0.3 is 0 Å². The van der Waals surface area contributed by atoms with Gasteiger partial charge < -0.3 is 5.73 Å². The number of hydrogen-bond donors (Lipinski definition) is 1. The van der Waals surface area contributed by atoms with Crippen LogP contribution in [0.2, 0.25) is 0 Å². The van der Waals surface area contributed by atoms with E-state index in [1.807, 2.05) is 20.8 Å². The molecule has 0 amide bonds. The molecule has 0 aliphatic heterocycles. The Balaban J connectivity index is 2.31.